The molecule has 2 atom stereocenters. The van der Waals surface area contributed by atoms with Crippen molar-refractivity contribution in [1.29, 1.82) is 0 Å². The normalized spacial score (nSPS) is 19.0. The standard InChI is InChI=1S/C20H23IO6/c1-23-16-8-11(7-13(21)19(16)22)14-5-6-15(27-14)12-9-17(24-2)20(26-4)18(10-12)25-3/h7-10,14-15,22H,5-6H2,1-4H3/t14-,15-/m0/s1. The topological polar surface area (TPSA) is 66.4 Å². The van der Waals surface area contributed by atoms with Gasteiger partial charge in [0, 0.05) is 0 Å². The fourth-order valence-electron chi connectivity index (χ4n) is 3.35. The molecule has 0 aliphatic carbocycles. The molecule has 0 amide bonds. The van der Waals surface area contributed by atoms with Crippen LogP contribution < -0.4 is 18.9 Å². The number of aromatic hydroxyl groups is 1. The lowest BCUT2D eigenvalue weighted by molar-refractivity contribution is 0.0436. The molecule has 146 valence electrons. The van der Waals surface area contributed by atoms with Gasteiger partial charge in [-0.2, -0.15) is 0 Å². The first-order chi connectivity index (χ1) is 13.0. The fraction of sp³-hybridized carbons (Fsp3) is 0.400. The van der Waals surface area contributed by atoms with Gasteiger partial charge in [0.05, 0.1) is 44.2 Å². The lowest BCUT2D eigenvalue weighted by atomic mass is 10.0. The first kappa shape index (κ1) is 19.9. The van der Waals surface area contributed by atoms with E-state index in [2.05, 4.69) is 22.6 Å². The summed E-state index contributed by atoms with van der Waals surface area (Å²) in [5.41, 5.74) is 1.97. The van der Waals surface area contributed by atoms with E-state index in [-0.39, 0.29) is 18.0 Å². The Morgan fingerprint density at radius 1 is 0.815 bits per heavy atom. The number of phenols is 1. The van der Waals surface area contributed by atoms with Crippen LogP contribution in [0, 0.1) is 3.57 Å². The Bertz CT molecular complexity index is 797. The number of ether oxygens (including phenoxy) is 5. The zero-order valence-electron chi connectivity index (χ0n) is 15.7. The maximum absolute atomic E-state index is 10.0. The SMILES string of the molecule is COc1cc([C@@H]2CC[C@@H](c3cc(OC)c(OC)c(OC)c3)O2)cc(I)c1O. The van der Waals surface area contributed by atoms with Gasteiger partial charge < -0.3 is 28.8 Å². The molecule has 1 saturated heterocycles. The molecule has 1 aliphatic rings. The van der Waals surface area contributed by atoms with Crippen molar-refractivity contribution < 1.29 is 28.8 Å². The van der Waals surface area contributed by atoms with Gasteiger partial charge >= 0.3 is 0 Å². The molecule has 2 aromatic rings. The summed E-state index contributed by atoms with van der Waals surface area (Å²) in [4.78, 5) is 0. The second-order valence-corrected chi connectivity index (χ2v) is 7.37. The molecule has 27 heavy (non-hydrogen) atoms. The molecule has 7 heteroatoms. The van der Waals surface area contributed by atoms with Crippen molar-refractivity contribution >= 4 is 22.6 Å². The third-order valence-corrected chi connectivity index (χ3v) is 5.54. The van der Waals surface area contributed by atoms with Crippen LogP contribution in [0.1, 0.15) is 36.2 Å². The van der Waals surface area contributed by atoms with E-state index >= 15 is 0 Å². The molecule has 1 fully saturated rings. The van der Waals surface area contributed by atoms with Crippen molar-refractivity contribution in [2.45, 2.75) is 25.0 Å². The van der Waals surface area contributed by atoms with E-state index < -0.39 is 0 Å². The molecule has 1 N–H and O–H groups in total. The highest BCUT2D eigenvalue weighted by molar-refractivity contribution is 14.1. The summed E-state index contributed by atoms with van der Waals surface area (Å²) in [6, 6.07) is 7.62. The number of benzene rings is 2. The van der Waals surface area contributed by atoms with Crippen molar-refractivity contribution in [3.05, 3.63) is 39.0 Å². The highest BCUT2D eigenvalue weighted by atomic mass is 127. The Hall–Kier alpha value is -1.87. The zero-order valence-corrected chi connectivity index (χ0v) is 17.9. The lowest BCUT2D eigenvalue weighted by Crippen LogP contribution is -2.03. The van der Waals surface area contributed by atoms with Crippen LogP contribution in [0.25, 0.3) is 0 Å². The molecule has 3 rings (SSSR count). The van der Waals surface area contributed by atoms with E-state index in [1.54, 1.807) is 28.4 Å². The van der Waals surface area contributed by atoms with E-state index in [0.717, 1.165) is 27.5 Å². The first-order valence-electron chi connectivity index (χ1n) is 8.54. The highest BCUT2D eigenvalue weighted by Gasteiger charge is 2.30. The Kier molecular flexibility index (Phi) is 6.21. The first-order valence-corrected chi connectivity index (χ1v) is 9.62. The Morgan fingerprint density at radius 3 is 1.78 bits per heavy atom. The maximum Gasteiger partial charge on any atom is 0.203 e. The van der Waals surface area contributed by atoms with Gasteiger partial charge in [-0.3, -0.25) is 0 Å². The monoisotopic (exact) mass is 486 g/mol. The number of hydrogen-bond acceptors (Lipinski definition) is 6. The van der Waals surface area contributed by atoms with Crippen molar-refractivity contribution in [2.24, 2.45) is 0 Å². The predicted octanol–water partition coefficient (Wildman–Crippen LogP) is 4.62. The minimum Gasteiger partial charge on any atom is -0.504 e. The largest absolute Gasteiger partial charge is 0.504 e. The summed E-state index contributed by atoms with van der Waals surface area (Å²) in [5.74, 6) is 2.40. The molecule has 6 nitrogen and oxygen atoms in total. The lowest BCUT2D eigenvalue weighted by Gasteiger charge is -2.19. The smallest absolute Gasteiger partial charge is 0.203 e. The molecule has 0 radical (unpaired) electrons. The summed E-state index contributed by atoms with van der Waals surface area (Å²) in [7, 11) is 6.33. The maximum atomic E-state index is 10.0. The van der Waals surface area contributed by atoms with Gasteiger partial charge in [-0.25, -0.2) is 0 Å². The third kappa shape index (κ3) is 3.89. The van der Waals surface area contributed by atoms with Gasteiger partial charge in [0.1, 0.15) is 0 Å². The molecular formula is C20H23IO6. The van der Waals surface area contributed by atoms with Crippen LogP contribution in [0.15, 0.2) is 24.3 Å². The summed E-state index contributed by atoms with van der Waals surface area (Å²) >= 11 is 2.10. The average Bonchev–Trinajstić information content (AvgIpc) is 3.18. The minimum absolute atomic E-state index is 0.0721. The van der Waals surface area contributed by atoms with Crippen LogP contribution in [0.2, 0.25) is 0 Å². The molecule has 0 spiro atoms. The molecule has 0 aromatic heterocycles. The van der Waals surface area contributed by atoms with Gasteiger partial charge in [0.15, 0.2) is 23.0 Å². The third-order valence-electron chi connectivity index (χ3n) is 4.72. The Morgan fingerprint density at radius 2 is 1.30 bits per heavy atom. The van der Waals surface area contributed by atoms with Gasteiger partial charge in [-0.15, -0.1) is 0 Å². The summed E-state index contributed by atoms with van der Waals surface area (Å²) in [5, 5.41) is 10.0. The van der Waals surface area contributed by atoms with Crippen molar-refractivity contribution in [3.8, 4) is 28.7 Å². The number of hydrogen-bond donors (Lipinski definition) is 1. The summed E-state index contributed by atoms with van der Waals surface area (Å²) < 4.78 is 28.6. The molecule has 0 bridgehead atoms. The van der Waals surface area contributed by atoms with Gasteiger partial charge in [-0.1, -0.05) is 0 Å². The molecule has 2 aromatic carbocycles. The summed E-state index contributed by atoms with van der Waals surface area (Å²) in [6.07, 6.45) is 1.58. The van der Waals surface area contributed by atoms with Crippen molar-refractivity contribution in [1.82, 2.24) is 0 Å². The van der Waals surface area contributed by atoms with Crippen molar-refractivity contribution in [2.75, 3.05) is 28.4 Å². The van der Waals surface area contributed by atoms with Crippen LogP contribution in [0.4, 0.5) is 0 Å². The summed E-state index contributed by atoms with van der Waals surface area (Å²) in [6.45, 7) is 0. The van der Waals surface area contributed by atoms with E-state index in [4.69, 9.17) is 23.7 Å². The number of methoxy groups -OCH3 is 4. The van der Waals surface area contributed by atoms with E-state index in [1.165, 1.54) is 0 Å². The van der Waals surface area contributed by atoms with Crippen LogP contribution >= 0.6 is 22.6 Å². The van der Waals surface area contributed by atoms with Crippen LogP contribution in [-0.4, -0.2) is 33.5 Å². The van der Waals surface area contributed by atoms with E-state index in [9.17, 15) is 5.11 Å². The Balaban J connectivity index is 1.87. The van der Waals surface area contributed by atoms with Crippen LogP contribution in [-0.2, 0) is 4.74 Å². The second kappa shape index (κ2) is 8.43. The predicted molar refractivity (Wildman–Crippen MR) is 109 cm³/mol. The quantitative estimate of drug-likeness (QED) is 0.602. The zero-order chi connectivity index (χ0) is 19.6. The number of phenolic OH excluding ortho intramolecular Hbond substituents is 1. The minimum atomic E-state index is -0.0823. The van der Waals surface area contributed by atoms with Gasteiger partial charge in [0.25, 0.3) is 0 Å². The molecular weight excluding hydrogens is 463 g/mol. The van der Waals surface area contributed by atoms with Gasteiger partial charge in [0.2, 0.25) is 5.75 Å². The second-order valence-electron chi connectivity index (χ2n) is 6.20. The molecule has 1 aliphatic heterocycles. The van der Waals surface area contributed by atoms with Crippen molar-refractivity contribution in [3.63, 3.8) is 0 Å². The molecule has 0 saturated carbocycles. The average molecular weight is 486 g/mol. The fourth-order valence-corrected chi connectivity index (χ4v) is 3.98. The highest BCUT2D eigenvalue weighted by Crippen LogP contribution is 2.47. The van der Waals surface area contributed by atoms with Crippen LogP contribution in [0.3, 0.4) is 0 Å². The van der Waals surface area contributed by atoms with Crippen LogP contribution in [0.5, 0.6) is 28.7 Å². The number of rotatable bonds is 6. The van der Waals surface area contributed by atoms with E-state index in [0.29, 0.717) is 23.0 Å². The number of halogens is 1. The Labute approximate surface area is 172 Å². The molecule has 1 heterocycles. The van der Waals surface area contributed by atoms with Gasteiger partial charge in [-0.05, 0) is 70.8 Å². The van der Waals surface area contributed by atoms with E-state index in [1.807, 2.05) is 24.3 Å². The molecule has 0 unspecified atom stereocenters.